The molecule has 0 saturated carbocycles. The van der Waals surface area contributed by atoms with Crippen LogP contribution in [-0.4, -0.2) is 82.7 Å². The van der Waals surface area contributed by atoms with Gasteiger partial charge in [0.15, 0.2) is 0 Å². The van der Waals surface area contributed by atoms with Crippen LogP contribution in [0.2, 0.25) is 0 Å². The van der Waals surface area contributed by atoms with E-state index in [1.54, 1.807) is 0 Å². The van der Waals surface area contributed by atoms with Crippen LogP contribution in [0.3, 0.4) is 0 Å². The van der Waals surface area contributed by atoms with Crippen molar-refractivity contribution in [3.05, 3.63) is 17.0 Å². The van der Waals surface area contributed by atoms with E-state index in [0.717, 1.165) is 55.1 Å². The van der Waals surface area contributed by atoms with Crippen molar-refractivity contribution in [1.82, 2.24) is 24.9 Å². The monoisotopic (exact) mass is 331 g/mol. The molecule has 0 spiro atoms. The Labute approximate surface area is 144 Å². The third-order valence-corrected chi connectivity index (χ3v) is 6.37. The highest BCUT2D eigenvalue weighted by atomic mass is 16.2. The summed E-state index contributed by atoms with van der Waals surface area (Å²) < 4.78 is 0. The molecule has 2 bridgehead atoms. The highest BCUT2D eigenvalue weighted by Crippen LogP contribution is 2.31. The van der Waals surface area contributed by atoms with E-state index in [4.69, 9.17) is 0 Å². The first-order valence-corrected chi connectivity index (χ1v) is 9.36. The second-order valence-corrected chi connectivity index (χ2v) is 7.71. The first kappa shape index (κ1) is 16.1. The molecule has 5 heterocycles. The molecule has 24 heavy (non-hydrogen) atoms. The predicted octanol–water partition coefficient (Wildman–Crippen LogP) is 0.807. The molecule has 1 aromatic heterocycles. The lowest BCUT2D eigenvalue weighted by Gasteiger charge is -2.51. The number of aromatic amines is 1. The number of aromatic nitrogens is 2. The molecular formula is C18H29N5O. The van der Waals surface area contributed by atoms with Crippen LogP contribution >= 0.6 is 0 Å². The normalized spacial score (nSPS) is 30.8. The molecule has 6 heteroatoms. The number of nitrogens with one attached hydrogen (secondary N) is 1. The number of amides is 1. The van der Waals surface area contributed by atoms with Crippen LogP contribution < -0.4 is 0 Å². The van der Waals surface area contributed by atoms with Gasteiger partial charge in [0.05, 0.1) is 12.1 Å². The molecule has 0 aromatic carbocycles. The Bertz CT molecular complexity index is 577. The van der Waals surface area contributed by atoms with Crippen LogP contribution in [0.15, 0.2) is 0 Å². The minimum atomic E-state index is 0.246. The summed E-state index contributed by atoms with van der Waals surface area (Å²) in [6, 6.07) is 0.725. The quantitative estimate of drug-likeness (QED) is 0.890. The predicted molar refractivity (Wildman–Crippen MR) is 92.9 cm³/mol. The lowest BCUT2D eigenvalue weighted by molar-refractivity contribution is -0.133. The summed E-state index contributed by atoms with van der Waals surface area (Å²) in [5, 5.41) is 7.18. The van der Waals surface area contributed by atoms with Crippen LogP contribution in [0.5, 0.6) is 0 Å². The Morgan fingerprint density at radius 2 is 1.83 bits per heavy atom. The van der Waals surface area contributed by atoms with E-state index in [2.05, 4.69) is 20.0 Å². The van der Waals surface area contributed by atoms with Gasteiger partial charge in [-0.25, -0.2) is 0 Å². The van der Waals surface area contributed by atoms with Crippen molar-refractivity contribution in [2.24, 2.45) is 5.92 Å². The molecule has 0 unspecified atom stereocenters. The molecule has 1 N–H and O–H groups in total. The average Bonchev–Trinajstić information content (AvgIpc) is 2.95. The van der Waals surface area contributed by atoms with E-state index >= 15 is 0 Å². The minimum Gasteiger partial charge on any atom is -0.340 e. The number of carbonyl (C=O) groups excluding carboxylic acids is 1. The first-order valence-electron chi connectivity index (χ1n) is 9.36. The van der Waals surface area contributed by atoms with Gasteiger partial charge in [-0.3, -0.25) is 14.8 Å². The van der Waals surface area contributed by atoms with Gasteiger partial charge in [0.25, 0.3) is 0 Å². The SMILES string of the molecule is Cc1n[nH]c(C)c1CC(=O)N1CCN([C@@H]2CN3CCC2CC3)CC1. The molecular weight excluding hydrogens is 302 g/mol. The van der Waals surface area contributed by atoms with Crippen molar-refractivity contribution in [3.8, 4) is 0 Å². The highest BCUT2D eigenvalue weighted by molar-refractivity contribution is 5.79. The Balaban J connectivity index is 1.32. The molecule has 1 atom stereocenters. The van der Waals surface area contributed by atoms with Crippen LogP contribution in [0.1, 0.15) is 29.8 Å². The van der Waals surface area contributed by atoms with Crippen molar-refractivity contribution in [3.63, 3.8) is 0 Å². The van der Waals surface area contributed by atoms with E-state index in [0.29, 0.717) is 6.42 Å². The van der Waals surface area contributed by atoms with Gasteiger partial charge < -0.3 is 9.80 Å². The van der Waals surface area contributed by atoms with Gasteiger partial charge in [0.1, 0.15) is 0 Å². The average molecular weight is 331 g/mol. The zero-order chi connectivity index (χ0) is 16.7. The van der Waals surface area contributed by atoms with Crippen molar-refractivity contribution < 1.29 is 4.79 Å². The topological polar surface area (TPSA) is 55.5 Å². The fourth-order valence-electron chi connectivity index (χ4n) is 4.75. The van der Waals surface area contributed by atoms with E-state index in [1.807, 2.05) is 18.7 Å². The minimum absolute atomic E-state index is 0.246. The number of aryl methyl sites for hydroxylation is 2. The number of H-pyrrole nitrogens is 1. The van der Waals surface area contributed by atoms with Crippen LogP contribution in [0.4, 0.5) is 0 Å². The molecule has 0 radical (unpaired) electrons. The zero-order valence-electron chi connectivity index (χ0n) is 14.9. The largest absolute Gasteiger partial charge is 0.340 e. The number of hydrogen-bond acceptors (Lipinski definition) is 4. The van der Waals surface area contributed by atoms with Gasteiger partial charge in [-0.2, -0.15) is 5.10 Å². The van der Waals surface area contributed by atoms with Gasteiger partial charge in [-0.05, 0) is 45.7 Å². The molecule has 1 aromatic rings. The Morgan fingerprint density at radius 1 is 1.12 bits per heavy atom. The van der Waals surface area contributed by atoms with Gasteiger partial charge in [-0.1, -0.05) is 0 Å². The van der Waals surface area contributed by atoms with Crippen molar-refractivity contribution in [1.29, 1.82) is 0 Å². The van der Waals surface area contributed by atoms with Crippen molar-refractivity contribution in [2.45, 2.75) is 39.2 Å². The fraction of sp³-hybridized carbons (Fsp3) is 0.778. The molecule has 6 nitrogen and oxygen atoms in total. The molecule has 4 aliphatic heterocycles. The van der Waals surface area contributed by atoms with Gasteiger partial charge >= 0.3 is 0 Å². The lowest BCUT2D eigenvalue weighted by atomic mass is 9.83. The molecule has 4 aliphatic rings. The summed E-state index contributed by atoms with van der Waals surface area (Å²) in [4.78, 5) is 19.9. The Hall–Kier alpha value is -1.40. The number of hydrogen-bond donors (Lipinski definition) is 1. The van der Waals surface area contributed by atoms with E-state index in [1.165, 1.54) is 32.5 Å². The molecule has 5 rings (SSSR count). The third kappa shape index (κ3) is 2.97. The number of piperidine rings is 3. The Kier molecular flexibility index (Phi) is 4.35. The number of rotatable bonds is 3. The molecule has 132 valence electrons. The molecule has 0 aliphatic carbocycles. The number of nitrogens with zero attached hydrogens (tertiary/aromatic N) is 4. The summed E-state index contributed by atoms with van der Waals surface area (Å²) in [6.07, 6.45) is 3.21. The summed E-state index contributed by atoms with van der Waals surface area (Å²) in [7, 11) is 0. The zero-order valence-corrected chi connectivity index (χ0v) is 14.9. The Morgan fingerprint density at radius 3 is 2.38 bits per heavy atom. The summed E-state index contributed by atoms with van der Waals surface area (Å²) in [5.74, 6) is 1.13. The van der Waals surface area contributed by atoms with Gasteiger partial charge in [-0.15, -0.1) is 0 Å². The van der Waals surface area contributed by atoms with Crippen LogP contribution in [0, 0.1) is 19.8 Å². The van der Waals surface area contributed by atoms with E-state index in [9.17, 15) is 4.79 Å². The van der Waals surface area contributed by atoms with E-state index in [-0.39, 0.29) is 5.91 Å². The van der Waals surface area contributed by atoms with Crippen molar-refractivity contribution in [2.75, 3.05) is 45.8 Å². The van der Waals surface area contributed by atoms with Crippen LogP contribution in [0.25, 0.3) is 0 Å². The van der Waals surface area contributed by atoms with Crippen molar-refractivity contribution >= 4 is 5.91 Å². The van der Waals surface area contributed by atoms with Gasteiger partial charge in [0.2, 0.25) is 5.91 Å². The molecule has 4 fully saturated rings. The number of carbonyl (C=O) groups is 1. The molecule has 1 amide bonds. The maximum Gasteiger partial charge on any atom is 0.227 e. The smallest absolute Gasteiger partial charge is 0.227 e. The second-order valence-electron chi connectivity index (χ2n) is 7.71. The lowest BCUT2D eigenvalue weighted by Crippen LogP contribution is -2.61. The summed E-state index contributed by atoms with van der Waals surface area (Å²) in [5.41, 5.74) is 3.04. The number of piperazine rings is 1. The maximum atomic E-state index is 12.6. The van der Waals surface area contributed by atoms with E-state index < -0.39 is 0 Å². The maximum absolute atomic E-state index is 12.6. The third-order valence-electron chi connectivity index (χ3n) is 6.37. The summed E-state index contributed by atoms with van der Waals surface area (Å²) in [6.45, 7) is 11.6. The number of fused-ring (bicyclic) bond motifs is 3. The van der Waals surface area contributed by atoms with Gasteiger partial charge in [0, 0.05) is 50.0 Å². The first-order chi connectivity index (χ1) is 11.6. The summed E-state index contributed by atoms with van der Waals surface area (Å²) >= 11 is 0. The fourth-order valence-corrected chi connectivity index (χ4v) is 4.75. The molecule has 4 saturated heterocycles. The standard InChI is InChI=1S/C18H29N5O/c1-13-16(14(2)20-19-13)11-18(24)23-9-7-22(8-10-23)17-12-21-5-3-15(17)4-6-21/h15,17H,3-12H2,1-2H3,(H,19,20)/t17-/m1/s1. The van der Waals surface area contributed by atoms with Crippen LogP contribution in [-0.2, 0) is 11.2 Å². The highest BCUT2D eigenvalue weighted by Gasteiger charge is 2.38. The second kappa shape index (κ2) is 6.48.